The van der Waals surface area contributed by atoms with E-state index in [0.29, 0.717) is 12.1 Å². The van der Waals surface area contributed by atoms with Crippen LogP contribution in [0.4, 0.5) is 26.3 Å². The fourth-order valence-electron chi connectivity index (χ4n) is 3.32. The molecule has 2 heterocycles. The van der Waals surface area contributed by atoms with Crippen LogP contribution in [0.15, 0.2) is 12.1 Å². The number of hydrogen-bond donors (Lipinski definition) is 1. The van der Waals surface area contributed by atoms with E-state index in [1.807, 2.05) is 0 Å². The minimum absolute atomic E-state index is 0.0374. The van der Waals surface area contributed by atoms with Gasteiger partial charge in [0.1, 0.15) is 11.9 Å². The summed E-state index contributed by atoms with van der Waals surface area (Å²) in [4.78, 5) is 17.0. The molecule has 1 unspecified atom stereocenters. The summed E-state index contributed by atoms with van der Waals surface area (Å²) < 4.78 is 80.1. The lowest BCUT2D eigenvalue weighted by Crippen LogP contribution is -2.42. The summed E-state index contributed by atoms with van der Waals surface area (Å²) in [5.41, 5.74) is 5.17. The summed E-state index contributed by atoms with van der Waals surface area (Å²) in [5, 5.41) is 9.07. The van der Waals surface area contributed by atoms with Crippen LogP contribution in [0.3, 0.4) is 0 Å². The Balaban J connectivity index is 1.70. The number of imidazole rings is 1. The third-order valence-electron chi connectivity index (χ3n) is 4.73. The van der Waals surface area contributed by atoms with Crippen LogP contribution in [0.5, 0.6) is 0 Å². The first kappa shape index (κ1) is 21.6. The molecule has 1 amide bonds. The average Bonchev–Trinajstić information content (AvgIpc) is 3.04. The van der Waals surface area contributed by atoms with Gasteiger partial charge in [-0.1, -0.05) is 0 Å². The zero-order chi connectivity index (χ0) is 22.2. The molecular weight excluding hydrogens is 416 g/mol. The number of nitrogens with two attached hydrogens (primary N) is 1. The molecule has 2 N–H and O–H groups in total. The first-order valence-corrected chi connectivity index (χ1v) is 8.74. The molecule has 12 heteroatoms. The van der Waals surface area contributed by atoms with Crippen LogP contribution in [0, 0.1) is 28.8 Å². The molecule has 160 valence electrons. The lowest BCUT2D eigenvalue weighted by molar-refractivity contribution is -0.148. The largest absolute Gasteiger partial charge is 0.449 e. The lowest BCUT2D eigenvalue weighted by atomic mass is 10.0. The molecule has 0 saturated heterocycles. The highest BCUT2D eigenvalue weighted by Crippen LogP contribution is 2.32. The van der Waals surface area contributed by atoms with Gasteiger partial charge in [-0.3, -0.25) is 4.79 Å². The van der Waals surface area contributed by atoms with Gasteiger partial charge in [0, 0.05) is 31.6 Å². The minimum Gasteiger partial charge on any atom is -0.335 e. The molecule has 1 aliphatic rings. The average molecular weight is 431 g/mol. The van der Waals surface area contributed by atoms with Crippen molar-refractivity contribution in [3.63, 3.8) is 0 Å². The molecule has 2 aromatic rings. The minimum atomic E-state index is -4.74. The van der Waals surface area contributed by atoms with Gasteiger partial charge in [-0.05, 0) is 18.1 Å². The predicted octanol–water partition coefficient (Wildman–Crippen LogP) is 2.49. The van der Waals surface area contributed by atoms with Crippen molar-refractivity contribution < 1.29 is 31.1 Å². The van der Waals surface area contributed by atoms with Crippen LogP contribution in [0.1, 0.15) is 29.2 Å². The van der Waals surface area contributed by atoms with Gasteiger partial charge in [-0.2, -0.15) is 18.4 Å². The van der Waals surface area contributed by atoms with Gasteiger partial charge in [0.05, 0.1) is 12.2 Å². The van der Waals surface area contributed by atoms with E-state index in [-0.39, 0.29) is 43.7 Å². The molecule has 0 fully saturated rings. The Morgan fingerprint density at radius 2 is 1.87 bits per heavy atom. The van der Waals surface area contributed by atoms with E-state index >= 15 is 0 Å². The fraction of sp³-hybridized carbons (Fsp3) is 0.389. The van der Waals surface area contributed by atoms with E-state index in [4.69, 9.17) is 11.0 Å². The Kier molecular flexibility index (Phi) is 5.76. The normalized spacial score (nSPS) is 14.9. The van der Waals surface area contributed by atoms with Gasteiger partial charge in [0.15, 0.2) is 17.3 Å². The maximum Gasteiger partial charge on any atom is 0.449 e. The number of halogens is 6. The van der Waals surface area contributed by atoms with Gasteiger partial charge in [0.25, 0.3) is 0 Å². The molecule has 0 spiro atoms. The van der Waals surface area contributed by atoms with Crippen molar-refractivity contribution in [2.24, 2.45) is 5.73 Å². The number of alkyl halides is 3. The monoisotopic (exact) mass is 431 g/mol. The number of nitrogens with zero attached hydrogens (tertiary/aromatic N) is 4. The zero-order valence-electron chi connectivity index (χ0n) is 15.3. The van der Waals surface area contributed by atoms with Crippen molar-refractivity contribution in [1.29, 1.82) is 5.26 Å². The summed E-state index contributed by atoms with van der Waals surface area (Å²) in [6.45, 7) is -0.545. The predicted molar refractivity (Wildman–Crippen MR) is 90.0 cm³/mol. The Hall–Kier alpha value is -3.07. The van der Waals surface area contributed by atoms with E-state index < -0.39 is 47.1 Å². The maximum absolute atomic E-state index is 13.7. The smallest absolute Gasteiger partial charge is 0.335 e. The number of benzene rings is 1. The van der Waals surface area contributed by atoms with Crippen molar-refractivity contribution in [2.75, 3.05) is 6.54 Å². The molecule has 0 aliphatic carbocycles. The number of hydrogen-bond acceptors (Lipinski definition) is 4. The third kappa shape index (κ3) is 4.25. The SMILES string of the molecule is N#Cc1nc(C(F)(F)F)n2c1CN(C(=O)CC(N)Cc1cc(F)c(F)cc1F)CC2. The Labute approximate surface area is 166 Å². The number of carbonyl (C=O) groups is 1. The molecule has 1 aliphatic heterocycles. The summed E-state index contributed by atoms with van der Waals surface area (Å²) >= 11 is 0. The number of nitriles is 1. The third-order valence-corrected chi connectivity index (χ3v) is 4.73. The zero-order valence-corrected chi connectivity index (χ0v) is 15.3. The molecule has 0 radical (unpaired) electrons. The van der Waals surface area contributed by atoms with Gasteiger partial charge < -0.3 is 15.2 Å². The summed E-state index contributed by atoms with van der Waals surface area (Å²) in [5.74, 6) is -5.34. The number of rotatable bonds is 4. The van der Waals surface area contributed by atoms with Crippen molar-refractivity contribution in [3.8, 4) is 6.07 Å². The standard InChI is InChI=1S/C18H15F6N5O/c19-11-6-13(21)12(20)4-9(11)3-10(26)5-16(30)28-1-2-29-15(8-28)14(7-25)27-17(29)18(22,23)24/h4,6,10H,1-3,5,8,26H2. The van der Waals surface area contributed by atoms with Crippen LogP contribution in [-0.4, -0.2) is 32.9 Å². The van der Waals surface area contributed by atoms with E-state index in [0.717, 1.165) is 4.57 Å². The van der Waals surface area contributed by atoms with E-state index in [2.05, 4.69) is 4.98 Å². The maximum atomic E-state index is 13.7. The molecule has 1 aromatic carbocycles. The van der Waals surface area contributed by atoms with Crippen LogP contribution in [0.25, 0.3) is 0 Å². The number of amides is 1. The molecule has 6 nitrogen and oxygen atoms in total. The molecule has 1 aromatic heterocycles. The molecule has 0 bridgehead atoms. The lowest BCUT2D eigenvalue weighted by Gasteiger charge is -2.30. The second-order valence-corrected chi connectivity index (χ2v) is 6.83. The second kappa shape index (κ2) is 7.98. The van der Waals surface area contributed by atoms with Gasteiger partial charge in [-0.25, -0.2) is 18.2 Å². The summed E-state index contributed by atoms with van der Waals surface area (Å²) in [6, 6.07) is 1.69. The van der Waals surface area contributed by atoms with Gasteiger partial charge in [0.2, 0.25) is 11.7 Å². The fourth-order valence-corrected chi connectivity index (χ4v) is 3.32. The number of fused-ring (bicyclic) bond motifs is 1. The molecule has 1 atom stereocenters. The number of carbonyl (C=O) groups excluding carboxylic acids is 1. The first-order chi connectivity index (χ1) is 14.0. The summed E-state index contributed by atoms with van der Waals surface area (Å²) in [7, 11) is 0. The van der Waals surface area contributed by atoms with E-state index in [1.165, 1.54) is 4.90 Å². The second-order valence-electron chi connectivity index (χ2n) is 6.83. The van der Waals surface area contributed by atoms with Crippen molar-refractivity contribution in [3.05, 3.63) is 52.4 Å². The highest BCUT2D eigenvalue weighted by molar-refractivity contribution is 5.77. The van der Waals surface area contributed by atoms with Crippen molar-refractivity contribution >= 4 is 5.91 Å². The van der Waals surface area contributed by atoms with Crippen LogP contribution in [0.2, 0.25) is 0 Å². The quantitative estimate of drug-likeness (QED) is 0.595. The Morgan fingerprint density at radius 1 is 1.20 bits per heavy atom. The Morgan fingerprint density at radius 3 is 2.50 bits per heavy atom. The first-order valence-electron chi connectivity index (χ1n) is 8.74. The van der Waals surface area contributed by atoms with Crippen molar-refractivity contribution in [1.82, 2.24) is 14.5 Å². The Bertz CT molecular complexity index is 1030. The molecule has 30 heavy (non-hydrogen) atoms. The molecular formula is C18H15F6N5O. The van der Waals surface area contributed by atoms with Gasteiger partial charge in [-0.15, -0.1) is 0 Å². The van der Waals surface area contributed by atoms with Crippen molar-refractivity contribution in [2.45, 2.75) is 38.1 Å². The number of aromatic nitrogens is 2. The molecule has 0 saturated carbocycles. The van der Waals surface area contributed by atoms with E-state index in [1.54, 1.807) is 6.07 Å². The van der Waals surface area contributed by atoms with Gasteiger partial charge >= 0.3 is 6.18 Å². The highest BCUT2D eigenvalue weighted by atomic mass is 19.4. The summed E-state index contributed by atoms with van der Waals surface area (Å²) in [6.07, 6.45) is -5.30. The van der Waals surface area contributed by atoms with Crippen LogP contribution < -0.4 is 5.73 Å². The topological polar surface area (TPSA) is 87.9 Å². The van der Waals surface area contributed by atoms with E-state index in [9.17, 15) is 31.1 Å². The molecule has 3 rings (SSSR count). The van der Waals surface area contributed by atoms with Crippen LogP contribution in [-0.2, 0) is 30.5 Å². The highest BCUT2D eigenvalue weighted by Gasteiger charge is 2.40. The van der Waals surface area contributed by atoms with Crippen LogP contribution >= 0.6 is 0 Å².